The van der Waals surface area contributed by atoms with E-state index in [9.17, 15) is 14.3 Å². The van der Waals surface area contributed by atoms with Gasteiger partial charge in [0.2, 0.25) is 0 Å². The highest BCUT2D eigenvalue weighted by Gasteiger charge is 2.27. The molecule has 0 saturated heterocycles. The number of hydroxylamine groups is 1. The summed E-state index contributed by atoms with van der Waals surface area (Å²) in [5.74, 6) is 4.31. The van der Waals surface area contributed by atoms with Crippen molar-refractivity contribution < 1.29 is 24.2 Å². The van der Waals surface area contributed by atoms with Crippen LogP contribution < -0.4 is 16.5 Å². The second kappa shape index (κ2) is 9.94. The molecule has 1 amide bonds. The Balaban J connectivity index is 1.98. The number of hydrazine groups is 1. The first kappa shape index (κ1) is 22.8. The number of pyridine rings is 1. The molecule has 9 nitrogen and oxygen atoms in total. The van der Waals surface area contributed by atoms with Crippen molar-refractivity contribution in [2.24, 2.45) is 5.84 Å². The number of amides is 1. The quantitative estimate of drug-likeness (QED) is 0.109. The number of nitrogens with two attached hydrogens (primary N) is 1. The molecule has 1 aliphatic carbocycles. The maximum Gasteiger partial charge on any atom is 0.313 e. The number of carbonyl (C=O) groups excluding carboxylic acids is 1. The zero-order valence-corrected chi connectivity index (χ0v) is 18.4. The van der Waals surface area contributed by atoms with E-state index in [0.717, 1.165) is 12.8 Å². The van der Waals surface area contributed by atoms with E-state index in [1.165, 1.54) is 18.2 Å². The van der Waals surface area contributed by atoms with Crippen LogP contribution in [0, 0.1) is 16.3 Å². The van der Waals surface area contributed by atoms with Crippen molar-refractivity contribution in [3.8, 4) is 0 Å². The molecular formula is C19H23FIN5O4. The Bertz CT molecular complexity index is 928. The lowest BCUT2D eigenvalue weighted by Gasteiger charge is -2.21. The van der Waals surface area contributed by atoms with Gasteiger partial charge in [-0.1, -0.05) is 0 Å². The first-order chi connectivity index (χ1) is 14.3. The van der Waals surface area contributed by atoms with Gasteiger partial charge >= 0.3 is 5.91 Å². The Morgan fingerprint density at radius 2 is 2.17 bits per heavy atom. The molecule has 0 bridgehead atoms. The van der Waals surface area contributed by atoms with E-state index >= 15 is 0 Å². The average Bonchev–Trinajstić information content (AvgIpc) is 3.52. The fourth-order valence-corrected chi connectivity index (χ4v) is 3.21. The molecule has 1 aromatic carbocycles. The van der Waals surface area contributed by atoms with Gasteiger partial charge in [0.05, 0.1) is 24.6 Å². The van der Waals surface area contributed by atoms with Gasteiger partial charge in [-0.25, -0.2) is 15.2 Å². The fourth-order valence-electron chi connectivity index (χ4n) is 2.76. The number of aryl methyl sites for hydroxylation is 1. The summed E-state index contributed by atoms with van der Waals surface area (Å²) in [7, 11) is 0. The Hall–Kier alpha value is -1.90. The van der Waals surface area contributed by atoms with Crippen molar-refractivity contribution in [3.63, 3.8) is 0 Å². The summed E-state index contributed by atoms with van der Waals surface area (Å²) in [6, 6.07) is 6.35. The highest BCUT2D eigenvalue weighted by Crippen LogP contribution is 2.30. The molecule has 0 spiro atoms. The van der Waals surface area contributed by atoms with Crippen molar-refractivity contribution in [1.29, 1.82) is 0 Å². The van der Waals surface area contributed by atoms with E-state index < -0.39 is 18.0 Å². The Morgan fingerprint density at radius 1 is 1.43 bits per heavy atom. The van der Waals surface area contributed by atoms with E-state index in [1.807, 2.05) is 22.6 Å². The number of hydrogen-bond donors (Lipinski definition) is 5. The molecule has 1 fully saturated rings. The lowest BCUT2D eigenvalue weighted by molar-refractivity contribution is -0.133. The molecule has 162 valence electrons. The molecule has 6 N–H and O–H groups in total. The summed E-state index contributed by atoms with van der Waals surface area (Å²) in [5, 5.41) is 25.8. The van der Waals surface area contributed by atoms with Crippen molar-refractivity contribution >= 4 is 39.9 Å². The lowest BCUT2D eigenvalue weighted by Crippen LogP contribution is -2.39. The fraction of sp³-hybridized carbons (Fsp3) is 0.368. The molecule has 11 heteroatoms. The van der Waals surface area contributed by atoms with Crippen molar-refractivity contribution in [2.45, 2.75) is 32.0 Å². The molecule has 30 heavy (non-hydrogen) atoms. The van der Waals surface area contributed by atoms with Gasteiger partial charge in [-0.2, -0.15) is 0 Å². The van der Waals surface area contributed by atoms with E-state index in [1.54, 1.807) is 13.0 Å². The molecule has 1 heterocycles. The van der Waals surface area contributed by atoms with Crippen molar-refractivity contribution in [3.05, 3.63) is 50.6 Å². The van der Waals surface area contributed by atoms with Gasteiger partial charge in [-0.3, -0.25) is 14.9 Å². The third kappa shape index (κ3) is 5.62. The largest absolute Gasteiger partial charge is 0.394 e. The van der Waals surface area contributed by atoms with E-state index in [-0.39, 0.29) is 36.3 Å². The molecule has 0 aliphatic heterocycles. The number of aliphatic hydroxyl groups is 2. The predicted octanol–water partition coefficient (Wildman–Crippen LogP) is 1.86. The number of benzene rings is 1. The van der Waals surface area contributed by atoms with Crippen LogP contribution in [0.2, 0.25) is 0 Å². The topological polar surface area (TPSA) is 133 Å². The minimum Gasteiger partial charge on any atom is -0.394 e. The molecule has 0 radical (unpaired) electrons. The molecule has 0 unspecified atom stereocenters. The summed E-state index contributed by atoms with van der Waals surface area (Å²) in [6.45, 7) is 1.14. The number of aliphatic hydroxyl groups excluding tert-OH is 2. The first-order valence-electron chi connectivity index (χ1n) is 9.30. The van der Waals surface area contributed by atoms with Gasteiger partial charge in [0, 0.05) is 20.9 Å². The monoisotopic (exact) mass is 531 g/mol. The minimum absolute atomic E-state index is 0.117. The van der Waals surface area contributed by atoms with Crippen LogP contribution in [0.1, 0.15) is 40.8 Å². The van der Waals surface area contributed by atoms with Crippen LogP contribution >= 0.6 is 22.6 Å². The number of carbonyl (C=O) groups is 1. The van der Waals surface area contributed by atoms with Gasteiger partial charge in [-0.15, -0.1) is 5.17 Å². The smallest absolute Gasteiger partial charge is 0.313 e. The van der Waals surface area contributed by atoms with Crippen LogP contribution in [0.3, 0.4) is 0 Å². The number of halogens is 2. The van der Waals surface area contributed by atoms with E-state index in [0.29, 0.717) is 20.0 Å². The van der Waals surface area contributed by atoms with Crippen LogP contribution in [0.25, 0.3) is 0 Å². The van der Waals surface area contributed by atoms with E-state index in [4.69, 9.17) is 15.8 Å². The number of anilines is 2. The Morgan fingerprint density at radius 3 is 2.80 bits per heavy atom. The second-order valence-electron chi connectivity index (χ2n) is 6.84. The summed E-state index contributed by atoms with van der Waals surface area (Å²) in [4.78, 5) is 22.0. The third-order valence-electron chi connectivity index (χ3n) is 4.44. The maximum atomic E-state index is 14.4. The Labute approximate surface area is 186 Å². The molecular weight excluding hydrogens is 508 g/mol. The summed E-state index contributed by atoms with van der Waals surface area (Å²) < 4.78 is 15.1. The van der Waals surface area contributed by atoms with Gasteiger partial charge in [0.25, 0.3) is 0 Å². The molecule has 1 aliphatic rings. The minimum atomic E-state index is -0.990. The van der Waals surface area contributed by atoms with Gasteiger partial charge in [0.1, 0.15) is 12.0 Å². The summed E-state index contributed by atoms with van der Waals surface area (Å²) in [6.07, 6.45) is 0.961. The molecule has 1 atom stereocenters. The number of rotatable bonds is 9. The summed E-state index contributed by atoms with van der Waals surface area (Å²) in [5.41, 5.74) is 1.02. The maximum absolute atomic E-state index is 14.4. The molecule has 1 saturated carbocycles. The average molecular weight is 531 g/mol. The SMILES string of the molecule is Cc1nc(C(=O)N(N)OCCO)c(Nc2ccc(I)cc2F)cc1[C@H](O)NC1CC1. The van der Waals surface area contributed by atoms with Crippen LogP contribution in [0.4, 0.5) is 15.8 Å². The number of nitrogens with one attached hydrogen (secondary N) is 2. The standard InChI is InChI=1S/C19H23FIN5O4/c1-10-13(18(28)24-12-3-4-12)9-16(25-15-5-2-11(21)8-14(15)20)17(23-10)19(29)26(22)30-7-6-27/h2,5,8-9,12,18,24-25,27-28H,3-4,6-7,22H2,1H3/t18-/m0/s1. The molecule has 1 aromatic heterocycles. The predicted molar refractivity (Wildman–Crippen MR) is 116 cm³/mol. The third-order valence-corrected chi connectivity index (χ3v) is 5.11. The van der Waals surface area contributed by atoms with Crippen LogP contribution in [0.15, 0.2) is 24.3 Å². The number of hydrogen-bond acceptors (Lipinski definition) is 8. The van der Waals surface area contributed by atoms with E-state index in [2.05, 4.69) is 15.6 Å². The van der Waals surface area contributed by atoms with Crippen LogP contribution in [-0.2, 0) is 4.84 Å². The highest BCUT2D eigenvalue weighted by atomic mass is 127. The highest BCUT2D eigenvalue weighted by molar-refractivity contribution is 14.1. The summed E-state index contributed by atoms with van der Waals surface area (Å²) >= 11 is 1.99. The van der Waals surface area contributed by atoms with Gasteiger partial charge in [0.15, 0.2) is 5.69 Å². The Kier molecular flexibility index (Phi) is 7.55. The first-order valence-corrected chi connectivity index (χ1v) is 10.4. The molecule has 2 aromatic rings. The zero-order chi connectivity index (χ0) is 21.8. The van der Waals surface area contributed by atoms with Gasteiger partial charge < -0.3 is 15.5 Å². The normalized spacial score (nSPS) is 14.5. The van der Waals surface area contributed by atoms with Crippen LogP contribution in [-0.4, -0.2) is 45.5 Å². The lowest BCUT2D eigenvalue weighted by atomic mass is 10.1. The van der Waals surface area contributed by atoms with Crippen molar-refractivity contribution in [1.82, 2.24) is 15.5 Å². The number of aromatic nitrogens is 1. The second-order valence-corrected chi connectivity index (χ2v) is 8.09. The van der Waals surface area contributed by atoms with Crippen LogP contribution in [0.5, 0.6) is 0 Å². The molecule has 3 rings (SSSR count). The van der Waals surface area contributed by atoms with Gasteiger partial charge in [-0.05, 0) is 66.6 Å². The zero-order valence-electron chi connectivity index (χ0n) is 16.2. The number of nitrogens with zero attached hydrogens (tertiary/aromatic N) is 2. The van der Waals surface area contributed by atoms with Crippen molar-refractivity contribution in [2.75, 3.05) is 18.5 Å².